The van der Waals surface area contributed by atoms with E-state index in [2.05, 4.69) is 14.8 Å². The molecule has 0 bridgehead atoms. The molecule has 2 heterocycles. The lowest BCUT2D eigenvalue weighted by molar-refractivity contribution is 0.0357. The van der Waals surface area contributed by atoms with Gasteiger partial charge >= 0.3 is 0 Å². The Balaban J connectivity index is 1.54. The lowest BCUT2D eigenvalue weighted by Gasteiger charge is -2.26. The molecule has 1 saturated heterocycles. The van der Waals surface area contributed by atoms with Crippen LogP contribution >= 0.6 is 0 Å². The molecular weight excluding hydrogens is 430 g/mol. The van der Waals surface area contributed by atoms with Crippen LogP contribution in [0.1, 0.15) is 43.6 Å². The van der Waals surface area contributed by atoms with Gasteiger partial charge in [0.25, 0.3) is 0 Å². The second-order valence-electron chi connectivity index (χ2n) is 8.62. The fourth-order valence-corrected chi connectivity index (χ4v) is 5.99. The molecule has 0 radical (unpaired) electrons. The summed E-state index contributed by atoms with van der Waals surface area (Å²) in [5.74, 6) is 1.04. The van der Waals surface area contributed by atoms with Gasteiger partial charge < -0.3 is 14.0 Å². The first kappa shape index (κ1) is 23.2. The Labute approximate surface area is 190 Å². The number of aryl methyl sites for hydroxylation is 2. The minimum absolute atomic E-state index is 0.0168. The minimum Gasteiger partial charge on any atom is -0.492 e. The lowest BCUT2D eigenvalue weighted by atomic mass is 10.0. The number of nitrogens with one attached hydrogen (secondary N) is 1. The van der Waals surface area contributed by atoms with Gasteiger partial charge in [0.05, 0.1) is 25.5 Å². The summed E-state index contributed by atoms with van der Waals surface area (Å²) in [5, 5.41) is 4.01. The molecule has 0 atom stereocenters. The Morgan fingerprint density at radius 1 is 1.19 bits per heavy atom. The summed E-state index contributed by atoms with van der Waals surface area (Å²) < 4.78 is 46.2. The summed E-state index contributed by atoms with van der Waals surface area (Å²) in [6, 6.07) is 5.29. The Morgan fingerprint density at radius 3 is 2.62 bits per heavy atom. The Kier molecular flexibility index (Phi) is 7.50. The highest BCUT2D eigenvalue weighted by molar-refractivity contribution is 7.89. The maximum absolute atomic E-state index is 13.3. The van der Waals surface area contributed by atoms with Crippen LogP contribution in [0.25, 0.3) is 11.1 Å². The van der Waals surface area contributed by atoms with Gasteiger partial charge in [0, 0.05) is 31.2 Å². The number of morpholine rings is 1. The highest BCUT2D eigenvalue weighted by Crippen LogP contribution is 2.34. The van der Waals surface area contributed by atoms with Gasteiger partial charge in [-0.15, -0.1) is 0 Å². The van der Waals surface area contributed by atoms with E-state index in [0.29, 0.717) is 18.1 Å². The van der Waals surface area contributed by atoms with Crippen molar-refractivity contribution < 1.29 is 22.4 Å². The van der Waals surface area contributed by atoms with E-state index in [0.717, 1.165) is 81.8 Å². The lowest BCUT2D eigenvalue weighted by Crippen LogP contribution is -2.37. The molecule has 9 heteroatoms. The van der Waals surface area contributed by atoms with Crippen LogP contribution in [0.5, 0.6) is 5.75 Å². The first-order valence-corrected chi connectivity index (χ1v) is 12.9. The summed E-state index contributed by atoms with van der Waals surface area (Å²) in [6.07, 6.45) is 4.67. The van der Waals surface area contributed by atoms with Crippen LogP contribution in [0.3, 0.4) is 0 Å². The third kappa shape index (κ3) is 5.51. The molecule has 2 aromatic rings. The molecule has 32 heavy (non-hydrogen) atoms. The molecule has 1 aromatic heterocycles. The van der Waals surface area contributed by atoms with Gasteiger partial charge in [-0.25, -0.2) is 13.1 Å². The monoisotopic (exact) mass is 463 g/mol. The standard InChI is InChI=1S/C23H33N3O5S/c1-17-23(18(2)31-24-17)19-8-9-21(30-13-5-10-26-11-14-29-15-12-26)22(16-19)32(27,28)25-20-6-3-4-7-20/h8-9,16,20,25H,3-7,10-15H2,1-2H3. The van der Waals surface area contributed by atoms with Crippen molar-refractivity contribution in [2.24, 2.45) is 0 Å². The quantitative estimate of drug-likeness (QED) is 0.570. The normalized spacial score (nSPS) is 18.3. The number of hydrogen-bond acceptors (Lipinski definition) is 7. The minimum atomic E-state index is -3.72. The van der Waals surface area contributed by atoms with E-state index in [1.165, 1.54) is 0 Å². The van der Waals surface area contributed by atoms with Crippen LogP contribution in [0.2, 0.25) is 0 Å². The van der Waals surface area contributed by atoms with Crippen molar-refractivity contribution in [1.82, 2.24) is 14.8 Å². The van der Waals surface area contributed by atoms with Crippen LogP contribution in [0.4, 0.5) is 0 Å². The van der Waals surface area contributed by atoms with Crippen LogP contribution < -0.4 is 9.46 Å². The van der Waals surface area contributed by atoms with E-state index in [4.69, 9.17) is 14.0 Å². The van der Waals surface area contributed by atoms with Gasteiger partial charge in [-0.05, 0) is 50.8 Å². The zero-order chi connectivity index (χ0) is 22.6. The predicted octanol–water partition coefficient (Wildman–Crippen LogP) is 3.28. The number of rotatable bonds is 9. The fourth-order valence-electron chi connectivity index (χ4n) is 4.51. The fraction of sp³-hybridized carbons (Fsp3) is 0.609. The number of benzene rings is 1. The topological polar surface area (TPSA) is 93.9 Å². The van der Waals surface area contributed by atoms with Crippen molar-refractivity contribution in [2.75, 3.05) is 39.5 Å². The van der Waals surface area contributed by atoms with E-state index in [1.54, 1.807) is 12.1 Å². The molecule has 2 fully saturated rings. The van der Waals surface area contributed by atoms with Crippen molar-refractivity contribution in [1.29, 1.82) is 0 Å². The second-order valence-corrected chi connectivity index (χ2v) is 10.3. The average Bonchev–Trinajstić information content (AvgIpc) is 3.41. The second kappa shape index (κ2) is 10.3. The van der Waals surface area contributed by atoms with Crippen molar-refractivity contribution in [3.63, 3.8) is 0 Å². The molecule has 1 saturated carbocycles. The Bertz CT molecular complexity index is 989. The summed E-state index contributed by atoms with van der Waals surface area (Å²) in [4.78, 5) is 2.51. The number of nitrogens with zero attached hydrogens (tertiary/aromatic N) is 2. The smallest absolute Gasteiger partial charge is 0.244 e. The third-order valence-corrected chi connectivity index (χ3v) is 7.75. The molecule has 0 spiro atoms. The first-order valence-electron chi connectivity index (χ1n) is 11.5. The summed E-state index contributed by atoms with van der Waals surface area (Å²) in [5.41, 5.74) is 2.31. The number of ether oxygens (including phenoxy) is 2. The molecule has 4 rings (SSSR count). The van der Waals surface area contributed by atoms with Gasteiger partial charge in [0.1, 0.15) is 16.4 Å². The van der Waals surface area contributed by atoms with Gasteiger partial charge in [0.2, 0.25) is 10.0 Å². The first-order chi connectivity index (χ1) is 15.4. The van der Waals surface area contributed by atoms with E-state index in [-0.39, 0.29) is 10.9 Å². The van der Waals surface area contributed by atoms with Gasteiger partial charge in [-0.1, -0.05) is 24.1 Å². The summed E-state index contributed by atoms with van der Waals surface area (Å²) >= 11 is 0. The molecule has 8 nitrogen and oxygen atoms in total. The highest BCUT2D eigenvalue weighted by Gasteiger charge is 2.27. The highest BCUT2D eigenvalue weighted by atomic mass is 32.2. The van der Waals surface area contributed by atoms with Gasteiger partial charge in [0.15, 0.2) is 0 Å². The van der Waals surface area contributed by atoms with Crippen molar-refractivity contribution in [3.05, 3.63) is 29.7 Å². The summed E-state index contributed by atoms with van der Waals surface area (Å²) in [6.45, 7) is 8.42. The molecule has 2 aliphatic rings. The van der Waals surface area contributed by atoms with E-state index < -0.39 is 10.0 Å². The summed E-state index contributed by atoms with van der Waals surface area (Å²) in [7, 11) is -3.72. The van der Waals surface area contributed by atoms with Crippen molar-refractivity contribution >= 4 is 10.0 Å². The average molecular weight is 464 g/mol. The largest absolute Gasteiger partial charge is 0.492 e. The molecular formula is C23H33N3O5S. The maximum Gasteiger partial charge on any atom is 0.244 e. The molecule has 176 valence electrons. The molecule has 1 aliphatic heterocycles. The van der Waals surface area contributed by atoms with Crippen molar-refractivity contribution in [3.8, 4) is 16.9 Å². The molecule has 1 aromatic carbocycles. The SMILES string of the molecule is Cc1noc(C)c1-c1ccc(OCCCN2CCOCC2)c(S(=O)(=O)NC2CCCC2)c1. The number of sulfonamides is 1. The van der Waals surface area contributed by atoms with E-state index in [1.807, 2.05) is 19.9 Å². The zero-order valence-electron chi connectivity index (χ0n) is 18.9. The van der Waals surface area contributed by atoms with Crippen LogP contribution in [-0.4, -0.2) is 64.0 Å². The zero-order valence-corrected chi connectivity index (χ0v) is 19.7. The number of aromatic nitrogens is 1. The van der Waals surface area contributed by atoms with Gasteiger partial charge in [-0.3, -0.25) is 4.90 Å². The molecule has 0 amide bonds. The molecule has 1 N–H and O–H groups in total. The number of hydrogen-bond donors (Lipinski definition) is 1. The Hall–Kier alpha value is -1.94. The van der Waals surface area contributed by atoms with Crippen molar-refractivity contribution in [2.45, 2.75) is 56.9 Å². The predicted molar refractivity (Wildman–Crippen MR) is 121 cm³/mol. The molecule has 0 unspecified atom stereocenters. The van der Waals surface area contributed by atoms with Crippen LogP contribution in [0.15, 0.2) is 27.6 Å². The maximum atomic E-state index is 13.3. The Morgan fingerprint density at radius 2 is 1.94 bits per heavy atom. The van der Waals surface area contributed by atoms with Crippen LogP contribution in [-0.2, 0) is 14.8 Å². The van der Waals surface area contributed by atoms with Gasteiger partial charge in [-0.2, -0.15) is 0 Å². The third-order valence-electron chi connectivity index (χ3n) is 6.21. The molecule has 1 aliphatic carbocycles. The van der Waals surface area contributed by atoms with E-state index in [9.17, 15) is 8.42 Å². The van der Waals surface area contributed by atoms with E-state index >= 15 is 0 Å². The van der Waals surface area contributed by atoms with Crippen LogP contribution in [0, 0.1) is 13.8 Å².